The van der Waals surface area contributed by atoms with E-state index < -0.39 is 0 Å². The maximum atomic E-state index is 11.8. The summed E-state index contributed by atoms with van der Waals surface area (Å²) < 4.78 is 5.63. The number of hydrogen-bond donors (Lipinski definition) is 3. The molecule has 0 bridgehead atoms. The number of carbonyl (C=O) groups excluding carboxylic acids is 1. The summed E-state index contributed by atoms with van der Waals surface area (Å²) in [6.45, 7) is 6.67. The van der Waals surface area contributed by atoms with Crippen molar-refractivity contribution in [3.8, 4) is 11.5 Å². The molecule has 0 heterocycles. The molecule has 0 aliphatic heterocycles. The summed E-state index contributed by atoms with van der Waals surface area (Å²) in [5.41, 5.74) is 0. The molecule has 0 saturated heterocycles. The monoisotopic (exact) mass is 452 g/mol. The Balaban J connectivity index is 1.84. The second kappa shape index (κ2) is 19.1. The van der Waals surface area contributed by atoms with Crippen LogP contribution in [0.5, 0.6) is 11.5 Å². The Morgan fingerprint density at radius 1 is 0.935 bits per heavy atom. The number of nitrogens with one attached hydrogen (secondary N) is 2. The average molecular weight is 453 g/mol. The first-order valence-electron chi connectivity index (χ1n) is 12.2. The number of phenols is 1. The van der Waals surface area contributed by atoms with Crippen molar-refractivity contribution < 1.29 is 14.6 Å². The smallest absolute Gasteiger partial charge is 0.314 e. The number of rotatable bonds is 19. The summed E-state index contributed by atoms with van der Waals surface area (Å²) in [7, 11) is 0. The Hall–Kier alpha value is -1.56. The van der Waals surface area contributed by atoms with Gasteiger partial charge in [0.2, 0.25) is 0 Å². The van der Waals surface area contributed by atoms with Gasteiger partial charge in [0, 0.05) is 24.1 Å². The summed E-state index contributed by atoms with van der Waals surface area (Å²) in [6.07, 6.45) is 13.5. The summed E-state index contributed by atoms with van der Waals surface area (Å²) in [6, 6.07) is 6.74. The Kier molecular flexibility index (Phi) is 17.0. The van der Waals surface area contributed by atoms with E-state index in [4.69, 9.17) is 4.74 Å². The largest absolute Gasteiger partial charge is 0.508 e. The van der Waals surface area contributed by atoms with Crippen LogP contribution in [0.4, 0.5) is 4.79 Å². The number of amides is 2. The molecule has 0 aliphatic rings. The summed E-state index contributed by atoms with van der Waals surface area (Å²) >= 11 is 1.96. The molecule has 0 fully saturated rings. The van der Waals surface area contributed by atoms with Gasteiger partial charge in [0.25, 0.3) is 0 Å². The van der Waals surface area contributed by atoms with Crippen molar-refractivity contribution in [1.82, 2.24) is 10.6 Å². The summed E-state index contributed by atoms with van der Waals surface area (Å²) in [4.78, 5) is 11.8. The van der Waals surface area contributed by atoms with Crippen molar-refractivity contribution in [3.63, 3.8) is 0 Å². The highest BCUT2D eigenvalue weighted by Crippen LogP contribution is 2.18. The van der Waals surface area contributed by atoms with Crippen LogP contribution in [-0.2, 0) is 0 Å². The molecule has 1 aromatic carbocycles. The molecule has 2 amide bonds. The number of urea groups is 1. The third-order valence-electron chi connectivity index (χ3n) is 5.22. The van der Waals surface area contributed by atoms with Crippen LogP contribution >= 0.6 is 11.8 Å². The molecular weight excluding hydrogens is 408 g/mol. The fourth-order valence-corrected chi connectivity index (χ4v) is 4.25. The van der Waals surface area contributed by atoms with E-state index in [1.807, 2.05) is 11.8 Å². The van der Waals surface area contributed by atoms with Gasteiger partial charge in [0.05, 0.1) is 6.61 Å². The molecule has 0 aromatic heterocycles. The van der Waals surface area contributed by atoms with Gasteiger partial charge in [-0.2, -0.15) is 11.8 Å². The number of aromatic hydroxyl groups is 1. The fourth-order valence-electron chi connectivity index (χ4n) is 3.30. The van der Waals surface area contributed by atoms with Crippen LogP contribution in [0.2, 0.25) is 0 Å². The van der Waals surface area contributed by atoms with Crippen molar-refractivity contribution >= 4 is 17.8 Å². The molecule has 1 unspecified atom stereocenters. The zero-order valence-corrected chi connectivity index (χ0v) is 20.5. The van der Waals surface area contributed by atoms with Crippen LogP contribution in [0.1, 0.15) is 84.5 Å². The van der Waals surface area contributed by atoms with E-state index in [0.717, 1.165) is 43.7 Å². The van der Waals surface area contributed by atoms with Gasteiger partial charge in [-0.25, -0.2) is 4.79 Å². The van der Waals surface area contributed by atoms with Gasteiger partial charge in [0.15, 0.2) is 0 Å². The van der Waals surface area contributed by atoms with E-state index in [1.54, 1.807) is 24.3 Å². The number of ether oxygens (including phenoxy) is 1. The summed E-state index contributed by atoms with van der Waals surface area (Å²) in [5.74, 6) is 2.01. The predicted molar refractivity (Wildman–Crippen MR) is 133 cm³/mol. The zero-order chi connectivity index (χ0) is 22.6. The first-order chi connectivity index (χ1) is 15.1. The van der Waals surface area contributed by atoms with Crippen LogP contribution in [0.15, 0.2) is 24.3 Å². The molecule has 0 radical (unpaired) electrons. The second-order valence-electron chi connectivity index (χ2n) is 8.18. The minimum absolute atomic E-state index is 0.0557. The van der Waals surface area contributed by atoms with E-state index in [-0.39, 0.29) is 11.8 Å². The van der Waals surface area contributed by atoms with Gasteiger partial charge in [-0.3, -0.25) is 0 Å². The highest BCUT2D eigenvalue weighted by molar-refractivity contribution is 7.99. The highest BCUT2D eigenvalue weighted by Gasteiger charge is 2.04. The normalized spacial score (nSPS) is 11.8. The topological polar surface area (TPSA) is 70.6 Å². The first kappa shape index (κ1) is 27.5. The quantitative estimate of drug-likeness (QED) is 0.209. The molecule has 0 saturated carbocycles. The molecule has 178 valence electrons. The third kappa shape index (κ3) is 16.8. The Morgan fingerprint density at radius 2 is 1.58 bits per heavy atom. The maximum absolute atomic E-state index is 11.8. The van der Waals surface area contributed by atoms with Crippen LogP contribution in [-0.4, -0.2) is 41.8 Å². The molecule has 6 heteroatoms. The van der Waals surface area contributed by atoms with E-state index in [2.05, 4.69) is 24.5 Å². The molecule has 3 N–H and O–H groups in total. The van der Waals surface area contributed by atoms with Crippen LogP contribution < -0.4 is 15.4 Å². The van der Waals surface area contributed by atoms with Crippen LogP contribution in [0.3, 0.4) is 0 Å². The van der Waals surface area contributed by atoms with Gasteiger partial charge in [0.1, 0.15) is 11.5 Å². The Bertz CT molecular complexity index is 554. The van der Waals surface area contributed by atoms with E-state index in [1.165, 1.54) is 44.9 Å². The summed E-state index contributed by atoms with van der Waals surface area (Å²) in [5, 5.41) is 15.8. The molecule has 1 atom stereocenters. The van der Waals surface area contributed by atoms with E-state index >= 15 is 0 Å². The number of carbonyl (C=O) groups is 1. The highest BCUT2D eigenvalue weighted by atomic mass is 32.2. The van der Waals surface area contributed by atoms with Crippen LogP contribution in [0, 0.1) is 0 Å². The van der Waals surface area contributed by atoms with Crippen LogP contribution in [0.25, 0.3) is 0 Å². The molecule has 1 aromatic rings. The zero-order valence-electron chi connectivity index (χ0n) is 19.7. The lowest BCUT2D eigenvalue weighted by Crippen LogP contribution is -2.37. The fraction of sp³-hybridized carbons (Fsp3) is 0.720. The maximum Gasteiger partial charge on any atom is 0.314 e. The van der Waals surface area contributed by atoms with E-state index in [0.29, 0.717) is 18.4 Å². The Morgan fingerprint density at radius 3 is 2.35 bits per heavy atom. The van der Waals surface area contributed by atoms with Crippen molar-refractivity contribution in [1.29, 1.82) is 0 Å². The van der Waals surface area contributed by atoms with Gasteiger partial charge in [-0.1, -0.05) is 65.2 Å². The van der Waals surface area contributed by atoms with Gasteiger partial charge in [-0.05, 0) is 43.5 Å². The number of phenolic OH excluding ortho intramolecular Hbond substituents is 1. The Labute approximate surface area is 194 Å². The first-order valence-corrected chi connectivity index (χ1v) is 13.2. The molecule has 31 heavy (non-hydrogen) atoms. The lowest BCUT2D eigenvalue weighted by atomic mass is 10.1. The third-order valence-corrected chi connectivity index (χ3v) is 6.46. The standard InChI is InChI=1S/C25H44N2O3S/c1-3-4-5-6-7-10-13-22(2)31-21-19-27-25(29)26-18-11-8-9-12-20-30-24-16-14-23(28)15-17-24/h14-17,22,28H,3-13,18-21H2,1-2H3,(H2,26,27,29). The van der Waals surface area contributed by atoms with E-state index in [9.17, 15) is 9.90 Å². The van der Waals surface area contributed by atoms with Crippen molar-refractivity contribution in [2.45, 2.75) is 89.7 Å². The number of hydrogen-bond acceptors (Lipinski definition) is 4. The molecular formula is C25H44N2O3S. The molecule has 1 rings (SSSR count). The lowest BCUT2D eigenvalue weighted by molar-refractivity contribution is 0.241. The van der Waals surface area contributed by atoms with Crippen molar-refractivity contribution in [2.75, 3.05) is 25.4 Å². The van der Waals surface area contributed by atoms with Crippen molar-refractivity contribution in [2.24, 2.45) is 0 Å². The lowest BCUT2D eigenvalue weighted by Gasteiger charge is -2.12. The number of thioether (sulfide) groups is 1. The second-order valence-corrected chi connectivity index (χ2v) is 9.72. The predicted octanol–water partition coefficient (Wildman–Crippen LogP) is 6.50. The average Bonchev–Trinajstić information content (AvgIpc) is 2.76. The van der Waals surface area contributed by atoms with Crippen molar-refractivity contribution in [3.05, 3.63) is 24.3 Å². The number of benzene rings is 1. The van der Waals surface area contributed by atoms with Gasteiger partial charge < -0.3 is 20.5 Å². The van der Waals surface area contributed by atoms with Gasteiger partial charge in [-0.15, -0.1) is 0 Å². The number of unbranched alkanes of at least 4 members (excludes halogenated alkanes) is 8. The minimum Gasteiger partial charge on any atom is -0.508 e. The SMILES string of the molecule is CCCCCCCCC(C)SCCNC(=O)NCCCCCCOc1ccc(O)cc1. The minimum atomic E-state index is -0.0557. The molecule has 5 nitrogen and oxygen atoms in total. The molecule has 0 aliphatic carbocycles. The van der Waals surface area contributed by atoms with Gasteiger partial charge >= 0.3 is 6.03 Å². The molecule has 0 spiro atoms.